The van der Waals surface area contributed by atoms with Crippen molar-refractivity contribution in [2.45, 2.75) is 73.2 Å². The Morgan fingerprint density at radius 3 is 1.94 bits per heavy atom. The molecule has 110 valence electrons. The maximum Gasteiger partial charge on any atom is 0.0784 e. The monoisotopic (exact) mass is 260 g/mol. The average molecular weight is 260 g/mol. The predicted molar refractivity (Wildman–Crippen MR) is 75.7 cm³/mol. The van der Waals surface area contributed by atoms with Crippen LogP contribution in [0, 0.1) is 11.3 Å². The lowest BCUT2D eigenvalue weighted by Gasteiger charge is -2.34. The molecule has 0 aromatic heterocycles. The van der Waals surface area contributed by atoms with Gasteiger partial charge in [0, 0.05) is 0 Å². The lowest BCUT2D eigenvalue weighted by atomic mass is 9.84. The van der Waals surface area contributed by atoms with Crippen LogP contribution in [0.5, 0.6) is 0 Å². The molecule has 18 heavy (non-hydrogen) atoms. The molecule has 0 fully saturated rings. The molecule has 3 nitrogen and oxygen atoms in total. The SMILES string of the molecule is CC(C)CC(OC(C)COC(C)CO)C(C)(C)C. The van der Waals surface area contributed by atoms with Crippen molar-refractivity contribution in [3.63, 3.8) is 0 Å². The Morgan fingerprint density at radius 1 is 1.00 bits per heavy atom. The van der Waals surface area contributed by atoms with Gasteiger partial charge < -0.3 is 14.6 Å². The van der Waals surface area contributed by atoms with Gasteiger partial charge in [0.15, 0.2) is 0 Å². The lowest BCUT2D eigenvalue weighted by Crippen LogP contribution is -2.35. The summed E-state index contributed by atoms with van der Waals surface area (Å²) in [7, 11) is 0. The van der Waals surface area contributed by atoms with E-state index in [1.165, 1.54) is 0 Å². The second-order valence-electron chi connectivity index (χ2n) is 6.76. The second kappa shape index (κ2) is 8.13. The van der Waals surface area contributed by atoms with Gasteiger partial charge in [0.2, 0.25) is 0 Å². The van der Waals surface area contributed by atoms with Crippen LogP contribution in [0.4, 0.5) is 0 Å². The van der Waals surface area contributed by atoms with Gasteiger partial charge in [-0.05, 0) is 31.6 Å². The van der Waals surface area contributed by atoms with Crippen LogP contribution in [0.2, 0.25) is 0 Å². The third-order valence-corrected chi connectivity index (χ3v) is 2.92. The molecule has 0 radical (unpaired) electrons. The van der Waals surface area contributed by atoms with Crippen LogP contribution >= 0.6 is 0 Å². The maximum absolute atomic E-state index is 8.91. The minimum absolute atomic E-state index is 0.0570. The highest BCUT2D eigenvalue weighted by molar-refractivity contribution is 4.77. The Hall–Kier alpha value is -0.120. The van der Waals surface area contributed by atoms with E-state index in [0.717, 1.165) is 6.42 Å². The fraction of sp³-hybridized carbons (Fsp3) is 1.00. The standard InChI is InChI=1S/C15H32O3/c1-11(2)8-14(15(5,6)7)18-13(4)10-17-12(3)9-16/h11-14,16H,8-10H2,1-7H3. The van der Waals surface area contributed by atoms with Gasteiger partial charge in [-0.2, -0.15) is 0 Å². The van der Waals surface area contributed by atoms with Crippen molar-refractivity contribution >= 4 is 0 Å². The largest absolute Gasteiger partial charge is 0.394 e. The van der Waals surface area contributed by atoms with Crippen molar-refractivity contribution in [1.29, 1.82) is 0 Å². The summed E-state index contributed by atoms with van der Waals surface area (Å²) in [4.78, 5) is 0. The molecule has 0 heterocycles. The van der Waals surface area contributed by atoms with Gasteiger partial charge in [-0.15, -0.1) is 0 Å². The molecular formula is C15H32O3. The normalized spacial score (nSPS) is 17.8. The second-order valence-corrected chi connectivity index (χ2v) is 6.76. The molecule has 0 aliphatic rings. The number of aliphatic hydroxyl groups excluding tert-OH is 1. The van der Waals surface area contributed by atoms with Crippen LogP contribution in [0.25, 0.3) is 0 Å². The van der Waals surface area contributed by atoms with Gasteiger partial charge in [-0.3, -0.25) is 0 Å². The van der Waals surface area contributed by atoms with Crippen LogP contribution in [0.15, 0.2) is 0 Å². The highest BCUT2D eigenvalue weighted by atomic mass is 16.5. The Balaban J connectivity index is 4.23. The molecule has 3 unspecified atom stereocenters. The summed E-state index contributed by atoms with van der Waals surface area (Å²) in [5.74, 6) is 0.624. The molecule has 3 atom stereocenters. The van der Waals surface area contributed by atoms with Gasteiger partial charge in [0.1, 0.15) is 0 Å². The molecule has 0 saturated carbocycles. The van der Waals surface area contributed by atoms with Crippen LogP contribution in [0.3, 0.4) is 0 Å². The summed E-state index contributed by atoms with van der Waals surface area (Å²) in [6.07, 6.45) is 1.24. The number of aliphatic hydroxyl groups is 1. The van der Waals surface area contributed by atoms with Crippen molar-refractivity contribution in [1.82, 2.24) is 0 Å². The molecule has 3 heteroatoms. The molecule has 0 aliphatic heterocycles. The van der Waals surface area contributed by atoms with E-state index < -0.39 is 0 Å². The number of hydrogen-bond donors (Lipinski definition) is 1. The van der Waals surface area contributed by atoms with Crippen LogP contribution in [-0.4, -0.2) is 36.6 Å². The smallest absolute Gasteiger partial charge is 0.0784 e. The van der Waals surface area contributed by atoms with E-state index in [1.807, 2.05) is 13.8 Å². The summed E-state index contributed by atoms with van der Waals surface area (Å²) >= 11 is 0. The quantitative estimate of drug-likeness (QED) is 0.728. The molecule has 0 spiro atoms. The molecular weight excluding hydrogens is 228 g/mol. The Morgan fingerprint density at radius 2 is 1.56 bits per heavy atom. The molecule has 0 rings (SSSR count). The predicted octanol–water partition coefficient (Wildman–Crippen LogP) is 3.25. The summed E-state index contributed by atoms with van der Waals surface area (Å²) in [5, 5.41) is 8.91. The first-order valence-corrected chi connectivity index (χ1v) is 7.04. The first-order valence-electron chi connectivity index (χ1n) is 7.04. The topological polar surface area (TPSA) is 38.7 Å². The first-order chi connectivity index (χ1) is 8.16. The maximum atomic E-state index is 8.91. The van der Waals surface area contributed by atoms with E-state index in [2.05, 4.69) is 34.6 Å². The van der Waals surface area contributed by atoms with Gasteiger partial charge >= 0.3 is 0 Å². The highest BCUT2D eigenvalue weighted by Gasteiger charge is 2.27. The zero-order valence-electron chi connectivity index (χ0n) is 13.2. The van der Waals surface area contributed by atoms with Gasteiger partial charge in [-0.25, -0.2) is 0 Å². The van der Waals surface area contributed by atoms with Gasteiger partial charge in [0.05, 0.1) is 31.5 Å². The molecule has 0 amide bonds. The zero-order valence-corrected chi connectivity index (χ0v) is 13.2. The van der Waals surface area contributed by atoms with Crippen molar-refractivity contribution in [2.24, 2.45) is 11.3 Å². The van der Waals surface area contributed by atoms with Gasteiger partial charge in [0.25, 0.3) is 0 Å². The minimum Gasteiger partial charge on any atom is -0.394 e. The Kier molecular flexibility index (Phi) is 8.08. The summed E-state index contributed by atoms with van der Waals surface area (Å²) in [5.41, 5.74) is 0.140. The van der Waals surface area contributed by atoms with E-state index >= 15 is 0 Å². The average Bonchev–Trinajstić information content (AvgIpc) is 2.23. The molecule has 1 N–H and O–H groups in total. The third-order valence-electron chi connectivity index (χ3n) is 2.92. The molecule has 0 aromatic carbocycles. The van der Waals surface area contributed by atoms with Crippen LogP contribution in [-0.2, 0) is 9.47 Å². The molecule has 0 aromatic rings. The summed E-state index contributed by atoms with van der Waals surface area (Å²) < 4.78 is 11.6. The lowest BCUT2D eigenvalue weighted by molar-refractivity contribution is -0.107. The van der Waals surface area contributed by atoms with Crippen molar-refractivity contribution in [3.8, 4) is 0 Å². The zero-order chi connectivity index (χ0) is 14.3. The van der Waals surface area contributed by atoms with E-state index in [4.69, 9.17) is 14.6 Å². The minimum atomic E-state index is -0.116. The summed E-state index contributed by atoms with van der Waals surface area (Å²) in [6, 6.07) is 0. The van der Waals surface area contributed by atoms with E-state index in [-0.39, 0.29) is 30.3 Å². The molecule has 0 bridgehead atoms. The Labute approximate surface area is 113 Å². The van der Waals surface area contributed by atoms with Crippen molar-refractivity contribution in [2.75, 3.05) is 13.2 Å². The van der Waals surface area contributed by atoms with E-state index in [1.54, 1.807) is 0 Å². The highest BCUT2D eigenvalue weighted by Crippen LogP contribution is 2.28. The number of ether oxygens (including phenoxy) is 2. The molecule has 0 saturated heterocycles. The summed E-state index contributed by atoms with van der Waals surface area (Å²) in [6.45, 7) is 15.6. The van der Waals surface area contributed by atoms with Crippen LogP contribution in [0.1, 0.15) is 54.9 Å². The van der Waals surface area contributed by atoms with Crippen molar-refractivity contribution < 1.29 is 14.6 Å². The first kappa shape index (κ1) is 17.9. The van der Waals surface area contributed by atoms with E-state index in [9.17, 15) is 0 Å². The molecule has 0 aliphatic carbocycles. The van der Waals surface area contributed by atoms with Gasteiger partial charge in [-0.1, -0.05) is 34.6 Å². The van der Waals surface area contributed by atoms with Crippen molar-refractivity contribution in [3.05, 3.63) is 0 Å². The third kappa shape index (κ3) is 8.06. The number of hydrogen-bond acceptors (Lipinski definition) is 3. The fourth-order valence-corrected chi connectivity index (χ4v) is 1.71. The fourth-order valence-electron chi connectivity index (χ4n) is 1.71. The van der Waals surface area contributed by atoms with Crippen LogP contribution < -0.4 is 0 Å². The van der Waals surface area contributed by atoms with E-state index in [0.29, 0.717) is 12.5 Å². The Bertz CT molecular complexity index is 208. The number of rotatable bonds is 8.